The maximum atomic E-state index is 14.2. The number of benzene rings is 2. The van der Waals surface area contributed by atoms with E-state index in [1.807, 2.05) is 6.07 Å². The molecule has 1 N–H and O–H groups in total. The second-order valence-electron chi connectivity index (χ2n) is 6.27. The Morgan fingerprint density at radius 3 is 2.73 bits per heavy atom. The van der Waals surface area contributed by atoms with E-state index in [4.69, 9.17) is 0 Å². The fourth-order valence-corrected chi connectivity index (χ4v) is 3.87. The van der Waals surface area contributed by atoms with Gasteiger partial charge in [-0.3, -0.25) is 0 Å². The van der Waals surface area contributed by atoms with Crippen molar-refractivity contribution in [3.05, 3.63) is 77.1 Å². The minimum absolute atomic E-state index is 0.147. The van der Waals surface area contributed by atoms with E-state index in [2.05, 4.69) is 54.7 Å². The molecular formula is C20H20FN. The quantitative estimate of drug-likeness (QED) is 0.749. The summed E-state index contributed by atoms with van der Waals surface area (Å²) in [5.74, 6) is 0.649. The van der Waals surface area contributed by atoms with Crippen molar-refractivity contribution in [3.8, 4) is 0 Å². The third kappa shape index (κ3) is 2.06. The van der Waals surface area contributed by atoms with Gasteiger partial charge in [-0.2, -0.15) is 0 Å². The molecule has 0 bridgehead atoms. The molecule has 2 aromatic rings. The Kier molecular flexibility index (Phi) is 3.25. The van der Waals surface area contributed by atoms with E-state index in [1.165, 1.54) is 11.1 Å². The zero-order valence-electron chi connectivity index (χ0n) is 12.7. The Morgan fingerprint density at radius 1 is 1.14 bits per heavy atom. The van der Waals surface area contributed by atoms with Crippen LogP contribution < -0.4 is 5.32 Å². The number of halogens is 1. The summed E-state index contributed by atoms with van der Waals surface area (Å²) in [5.41, 5.74) is 4.37. The van der Waals surface area contributed by atoms with Crippen molar-refractivity contribution in [2.24, 2.45) is 5.92 Å². The van der Waals surface area contributed by atoms with Gasteiger partial charge in [0.2, 0.25) is 0 Å². The van der Waals surface area contributed by atoms with Crippen LogP contribution in [0.25, 0.3) is 0 Å². The SMILES string of the molecule is CCc1ccc([C@@H]2Nc3c(F)cccc3[C@@H]3C=CC[C@H]32)cc1. The Bertz CT molecular complexity index is 717. The molecule has 0 saturated carbocycles. The van der Waals surface area contributed by atoms with E-state index >= 15 is 0 Å². The van der Waals surface area contributed by atoms with Crippen LogP contribution in [0.3, 0.4) is 0 Å². The van der Waals surface area contributed by atoms with Gasteiger partial charge in [-0.1, -0.05) is 55.5 Å². The summed E-state index contributed by atoms with van der Waals surface area (Å²) >= 11 is 0. The molecule has 0 fully saturated rings. The molecule has 2 aromatic carbocycles. The number of para-hydroxylation sites is 1. The third-order valence-corrected chi connectivity index (χ3v) is 5.09. The van der Waals surface area contributed by atoms with Gasteiger partial charge >= 0.3 is 0 Å². The standard InChI is InChI=1S/C20H20FN/c1-2-13-9-11-14(12-10-13)19-16-6-3-5-15(16)17-7-4-8-18(21)20(17)22-19/h3-5,7-12,15-16,19,22H,2,6H2,1H3/t15-,16-,19+/m1/s1. The Labute approximate surface area is 130 Å². The summed E-state index contributed by atoms with van der Waals surface area (Å²) in [6, 6.07) is 14.3. The van der Waals surface area contributed by atoms with Gasteiger partial charge in [0.1, 0.15) is 5.82 Å². The molecule has 0 aromatic heterocycles. The van der Waals surface area contributed by atoms with Crippen molar-refractivity contribution in [2.75, 3.05) is 5.32 Å². The predicted molar refractivity (Wildman–Crippen MR) is 88.6 cm³/mol. The highest BCUT2D eigenvalue weighted by atomic mass is 19.1. The molecule has 22 heavy (non-hydrogen) atoms. The van der Waals surface area contributed by atoms with Crippen LogP contribution in [0.4, 0.5) is 10.1 Å². The normalized spacial score (nSPS) is 25.5. The van der Waals surface area contributed by atoms with E-state index in [-0.39, 0.29) is 11.9 Å². The second-order valence-corrected chi connectivity index (χ2v) is 6.27. The number of hydrogen-bond acceptors (Lipinski definition) is 1. The fraction of sp³-hybridized carbons (Fsp3) is 0.300. The lowest BCUT2D eigenvalue weighted by Gasteiger charge is -2.37. The van der Waals surface area contributed by atoms with Gasteiger partial charge in [-0.25, -0.2) is 4.39 Å². The average molecular weight is 293 g/mol. The maximum Gasteiger partial charge on any atom is 0.146 e. The number of anilines is 1. The zero-order valence-corrected chi connectivity index (χ0v) is 12.7. The molecule has 1 aliphatic heterocycles. The molecule has 0 radical (unpaired) electrons. The lowest BCUT2D eigenvalue weighted by atomic mass is 9.77. The lowest BCUT2D eigenvalue weighted by molar-refractivity contribution is 0.421. The molecule has 1 nitrogen and oxygen atoms in total. The van der Waals surface area contributed by atoms with Gasteiger partial charge in [-0.05, 0) is 41.5 Å². The molecule has 0 amide bonds. The number of aryl methyl sites for hydroxylation is 1. The van der Waals surface area contributed by atoms with E-state index in [0.717, 1.165) is 18.4 Å². The van der Waals surface area contributed by atoms with Crippen LogP contribution in [0.5, 0.6) is 0 Å². The molecule has 0 unspecified atom stereocenters. The van der Waals surface area contributed by atoms with Crippen LogP contribution in [-0.4, -0.2) is 0 Å². The highest BCUT2D eigenvalue weighted by molar-refractivity contribution is 5.60. The molecule has 0 spiro atoms. The van der Waals surface area contributed by atoms with Gasteiger partial charge in [0.05, 0.1) is 11.7 Å². The Balaban J connectivity index is 1.76. The molecule has 112 valence electrons. The first-order valence-corrected chi connectivity index (χ1v) is 8.08. The van der Waals surface area contributed by atoms with Gasteiger partial charge in [-0.15, -0.1) is 0 Å². The lowest BCUT2D eigenvalue weighted by Crippen LogP contribution is -2.29. The predicted octanol–water partition coefficient (Wildman–Crippen LogP) is 5.21. The summed E-state index contributed by atoms with van der Waals surface area (Å²) < 4.78 is 14.2. The van der Waals surface area contributed by atoms with Crippen molar-refractivity contribution in [1.29, 1.82) is 0 Å². The summed E-state index contributed by atoms with van der Waals surface area (Å²) in [6.45, 7) is 2.16. The van der Waals surface area contributed by atoms with Crippen molar-refractivity contribution in [2.45, 2.75) is 31.7 Å². The summed E-state index contributed by atoms with van der Waals surface area (Å²) in [7, 11) is 0. The molecule has 1 heterocycles. The van der Waals surface area contributed by atoms with Crippen LogP contribution in [-0.2, 0) is 6.42 Å². The first-order chi connectivity index (χ1) is 10.8. The Morgan fingerprint density at radius 2 is 1.95 bits per heavy atom. The highest BCUT2D eigenvalue weighted by Gasteiger charge is 2.38. The second kappa shape index (κ2) is 5.28. The van der Waals surface area contributed by atoms with Gasteiger partial charge < -0.3 is 5.32 Å². The minimum atomic E-state index is -0.147. The van der Waals surface area contributed by atoms with Crippen molar-refractivity contribution in [1.82, 2.24) is 0 Å². The summed E-state index contributed by atoms with van der Waals surface area (Å²) in [6.07, 6.45) is 6.58. The molecule has 0 saturated heterocycles. The summed E-state index contributed by atoms with van der Waals surface area (Å²) in [4.78, 5) is 0. The maximum absolute atomic E-state index is 14.2. The minimum Gasteiger partial charge on any atom is -0.375 e. The number of fused-ring (bicyclic) bond motifs is 3. The smallest absolute Gasteiger partial charge is 0.146 e. The average Bonchev–Trinajstić information content (AvgIpc) is 3.05. The van der Waals surface area contributed by atoms with E-state index < -0.39 is 0 Å². The number of nitrogens with one attached hydrogen (secondary N) is 1. The largest absolute Gasteiger partial charge is 0.375 e. The Hall–Kier alpha value is -2.09. The van der Waals surface area contributed by atoms with E-state index in [1.54, 1.807) is 6.07 Å². The van der Waals surface area contributed by atoms with Crippen LogP contribution in [0.1, 0.15) is 42.0 Å². The molecule has 2 heteroatoms. The monoisotopic (exact) mass is 293 g/mol. The molecule has 1 aliphatic carbocycles. The number of allylic oxidation sites excluding steroid dienone is 2. The number of rotatable bonds is 2. The van der Waals surface area contributed by atoms with Gasteiger partial charge in [0.15, 0.2) is 0 Å². The van der Waals surface area contributed by atoms with Crippen LogP contribution in [0.2, 0.25) is 0 Å². The van der Waals surface area contributed by atoms with E-state index in [9.17, 15) is 4.39 Å². The topological polar surface area (TPSA) is 12.0 Å². The van der Waals surface area contributed by atoms with Crippen LogP contribution in [0.15, 0.2) is 54.6 Å². The van der Waals surface area contributed by atoms with Gasteiger partial charge in [0, 0.05) is 5.92 Å². The molecular weight excluding hydrogens is 273 g/mol. The third-order valence-electron chi connectivity index (χ3n) is 5.09. The number of hydrogen-bond donors (Lipinski definition) is 1. The van der Waals surface area contributed by atoms with Crippen LogP contribution in [0, 0.1) is 11.7 Å². The zero-order chi connectivity index (χ0) is 15.1. The van der Waals surface area contributed by atoms with Gasteiger partial charge in [0.25, 0.3) is 0 Å². The van der Waals surface area contributed by atoms with E-state index in [0.29, 0.717) is 17.5 Å². The molecule has 2 aliphatic rings. The van der Waals surface area contributed by atoms with Crippen LogP contribution >= 0.6 is 0 Å². The van der Waals surface area contributed by atoms with Crippen molar-refractivity contribution >= 4 is 5.69 Å². The highest BCUT2D eigenvalue weighted by Crippen LogP contribution is 2.50. The first-order valence-electron chi connectivity index (χ1n) is 8.08. The summed E-state index contributed by atoms with van der Waals surface area (Å²) in [5, 5.41) is 3.48. The fourth-order valence-electron chi connectivity index (χ4n) is 3.87. The van der Waals surface area contributed by atoms with Crippen molar-refractivity contribution < 1.29 is 4.39 Å². The molecule has 4 rings (SSSR count). The van der Waals surface area contributed by atoms with Crippen molar-refractivity contribution in [3.63, 3.8) is 0 Å². The first kappa shape index (κ1) is 13.6. The molecule has 3 atom stereocenters.